The molecule has 13 heavy (non-hydrogen) atoms. The minimum atomic E-state index is 0.195. The summed E-state index contributed by atoms with van der Waals surface area (Å²) in [4.78, 5) is 10.5. The molecule has 0 saturated carbocycles. The first kappa shape index (κ1) is 8.24. The van der Waals surface area contributed by atoms with Gasteiger partial charge in [0.05, 0.1) is 0 Å². The predicted octanol–water partition coefficient (Wildman–Crippen LogP) is 2.37. The second-order valence-electron chi connectivity index (χ2n) is 3.42. The third kappa shape index (κ3) is 1.69. The first-order valence-corrected chi connectivity index (χ1v) is 4.58. The average Bonchev–Trinajstić information content (AvgIpc) is 2.15. The van der Waals surface area contributed by atoms with Crippen LogP contribution in [0, 0.1) is 5.92 Å². The van der Waals surface area contributed by atoms with Crippen LogP contribution in [0.5, 0.6) is 0 Å². The van der Waals surface area contributed by atoms with Gasteiger partial charge in [-0.3, -0.25) is 0 Å². The van der Waals surface area contributed by atoms with E-state index in [9.17, 15) is 4.79 Å². The van der Waals surface area contributed by atoms with E-state index in [1.807, 2.05) is 18.2 Å². The molecule has 0 saturated heterocycles. The first-order valence-electron chi connectivity index (χ1n) is 4.58. The highest BCUT2D eigenvalue weighted by Gasteiger charge is 2.19. The van der Waals surface area contributed by atoms with Gasteiger partial charge in [0.1, 0.15) is 6.29 Å². The van der Waals surface area contributed by atoms with Gasteiger partial charge in [-0.05, 0) is 18.4 Å². The monoisotopic (exact) mass is 172 g/mol. The van der Waals surface area contributed by atoms with E-state index in [4.69, 9.17) is 0 Å². The van der Waals surface area contributed by atoms with Crippen molar-refractivity contribution in [1.29, 1.82) is 0 Å². The van der Waals surface area contributed by atoms with Gasteiger partial charge in [0.2, 0.25) is 0 Å². The second kappa shape index (κ2) is 3.56. The van der Waals surface area contributed by atoms with Crippen LogP contribution in [0.2, 0.25) is 0 Å². The highest BCUT2D eigenvalue weighted by atomic mass is 16.1. The predicted molar refractivity (Wildman–Crippen MR) is 52.4 cm³/mol. The van der Waals surface area contributed by atoms with Crippen LogP contribution < -0.4 is 0 Å². The van der Waals surface area contributed by atoms with Gasteiger partial charge in [0, 0.05) is 5.92 Å². The SMILES string of the molecule is O=CC1CC=C1Cc1ccccc1. The van der Waals surface area contributed by atoms with Crippen molar-refractivity contribution >= 4 is 6.29 Å². The lowest BCUT2D eigenvalue weighted by Crippen LogP contribution is -2.15. The van der Waals surface area contributed by atoms with Crippen LogP contribution in [0.3, 0.4) is 0 Å². The molecule has 1 aromatic rings. The Morgan fingerprint density at radius 2 is 2.08 bits per heavy atom. The molecule has 0 amide bonds. The van der Waals surface area contributed by atoms with E-state index < -0.39 is 0 Å². The zero-order valence-electron chi connectivity index (χ0n) is 7.44. The molecule has 1 nitrogen and oxygen atoms in total. The van der Waals surface area contributed by atoms with E-state index in [2.05, 4.69) is 18.2 Å². The van der Waals surface area contributed by atoms with Crippen LogP contribution in [-0.2, 0) is 11.2 Å². The van der Waals surface area contributed by atoms with E-state index in [1.54, 1.807) is 0 Å². The molecule has 1 unspecified atom stereocenters. The number of rotatable bonds is 3. The van der Waals surface area contributed by atoms with Crippen LogP contribution in [-0.4, -0.2) is 6.29 Å². The van der Waals surface area contributed by atoms with Gasteiger partial charge in [-0.15, -0.1) is 0 Å². The molecule has 0 N–H and O–H groups in total. The van der Waals surface area contributed by atoms with Gasteiger partial charge < -0.3 is 4.79 Å². The fraction of sp³-hybridized carbons (Fsp3) is 0.250. The topological polar surface area (TPSA) is 17.1 Å². The number of carbonyl (C=O) groups excluding carboxylic acids is 1. The van der Waals surface area contributed by atoms with Crippen molar-refractivity contribution in [2.24, 2.45) is 5.92 Å². The van der Waals surface area contributed by atoms with Gasteiger partial charge in [-0.1, -0.05) is 42.0 Å². The third-order valence-electron chi connectivity index (χ3n) is 2.53. The van der Waals surface area contributed by atoms with Crippen molar-refractivity contribution in [3.63, 3.8) is 0 Å². The Kier molecular flexibility index (Phi) is 2.26. The number of carbonyl (C=O) groups is 1. The Labute approximate surface area is 78.1 Å². The highest BCUT2D eigenvalue weighted by Crippen LogP contribution is 2.27. The molecule has 0 spiro atoms. The molecule has 0 radical (unpaired) electrons. The van der Waals surface area contributed by atoms with Gasteiger partial charge in [-0.25, -0.2) is 0 Å². The van der Waals surface area contributed by atoms with E-state index in [0.717, 1.165) is 19.1 Å². The molecule has 0 aromatic heterocycles. The standard InChI is InChI=1S/C12H12O/c13-9-12-7-6-11(12)8-10-4-2-1-3-5-10/h1-6,9,12H,7-8H2. The van der Waals surface area contributed by atoms with Crippen molar-refractivity contribution in [2.45, 2.75) is 12.8 Å². The highest BCUT2D eigenvalue weighted by molar-refractivity contribution is 5.62. The van der Waals surface area contributed by atoms with E-state index >= 15 is 0 Å². The molecule has 1 atom stereocenters. The maximum atomic E-state index is 10.5. The Bertz CT molecular complexity index is 324. The molecule has 1 aliphatic rings. The van der Waals surface area contributed by atoms with E-state index in [-0.39, 0.29) is 5.92 Å². The molecule has 0 heterocycles. The van der Waals surface area contributed by atoms with Crippen molar-refractivity contribution in [2.75, 3.05) is 0 Å². The van der Waals surface area contributed by atoms with Crippen LogP contribution >= 0.6 is 0 Å². The molecule has 66 valence electrons. The van der Waals surface area contributed by atoms with E-state index in [1.165, 1.54) is 11.1 Å². The lowest BCUT2D eigenvalue weighted by Gasteiger charge is -2.21. The molecular weight excluding hydrogens is 160 g/mol. The number of benzene rings is 1. The molecule has 1 heteroatoms. The summed E-state index contributed by atoms with van der Waals surface area (Å²) in [7, 11) is 0. The number of allylic oxidation sites excluding steroid dienone is 2. The van der Waals surface area contributed by atoms with Crippen LogP contribution in [0.1, 0.15) is 12.0 Å². The van der Waals surface area contributed by atoms with Crippen LogP contribution in [0.4, 0.5) is 0 Å². The molecule has 2 rings (SSSR count). The summed E-state index contributed by atoms with van der Waals surface area (Å²) in [5.41, 5.74) is 2.57. The molecule has 0 bridgehead atoms. The van der Waals surface area contributed by atoms with Gasteiger partial charge in [-0.2, -0.15) is 0 Å². The third-order valence-corrected chi connectivity index (χ3v) is 2.53. The van der Waals surface area contributed by atoms with E-state index in [0.29, 0.717) is 0 Å². The summed E-state index contributed by atoms with van der Waals surface area (Å²) in [6, 6.07) is 10.3. The summed E-state index contributed by atoms with van der Waals surface area (Å²) in [5, 5.41) is 0. The fourth-order valence-corrected chi connectivity index (χ4v) is 1.60. The van der Waals surface area contributed by atoms with Crippen molar-refractivity contribution in [3.8, 4) is 0 Å². The van der Waals surface area contributed by atoms with Crippen molar-refractivity contribution < 1.29 is 4.79 Å². The smallest absolute Gasteiger partial charge is 0.127 e. The zero-order chi connectivity index (χ0) is 9.10. The van der Waals surface area contributed by atoms with Gasteiger partial charge >= 0.3 is 0 Å². The minimum Gasteiger partial charge on any atom is -0.303 e. The minimum absolute atomic E-state index is 0.195. The fourth-order valence-electron chi connectivity index (χ4n) is 1.60. The van der Waals surface area contributed by atoms with Crippen LogP contribution in [0.15, 0.2) is 42.0 Å². The zero-order valence-corrected chi connectivity index (χ0v) is 7.44. The molecule has 1 aliphatic carbocycles. The summed E-state index contributed by atoms with van der Waals surface area (Å²) in [6.45, 7) is 0. The number of hydrogen-bond donors (Lipinski definition) is 0. The molecule has 1 aromatic carbocycles. The largest absolute Gasteiger partial charge is 0.303 e. The Morgan fingerprint density at radius 1 is 1.31 bits per heavy atom. The first-order chi connectivity index (χ1) is 6.40. The summed E-state index contributed by atoms with van der Waals surface area (Å²) >= 11 is 0. The maximum Gasteiger partial charge on any atom is 0.127 e. The quantitative estimate of drug-likeness (QED) is 0.505. The Balaban J connectivity index is 2.04. The second-order valence-corrected chi connectivity index (χ2v) is 3.42. The van der Waals surface area contributed by atoms with Crippen LogP contribution in [0.25, 0.3) is 0 Å². The summed E-state index contributed by atoms with van der Waals surface area (Å²) < 4.78 is 0. The molecular formula is C12H12O. The lowest BCUT2D eigenvalue weighted by atomic mass is 9.82. The number of hydrogen-bond acceptors (Lipinski definition) is 1. The lowest BCUT2D eigenvalue weighted by molar-refractivity contribution is -0.110. The normalized spacial score (nSPS) is 20.3. The molecule has 0 fully saturated rings. The maximum absolute atomic E-state index is 10.5. The number of aldehydes is 1. The average molecular weight is 172 g/mol. The van der Waals surface area contributed by atoms with Gasteiger partial charge in [0.25, 0.3) is 0 Å². The molecule has 0 aliphatic heterocycles. The summed E-state index contributed by atoms with van der Waals surface area (Å²) in [6.07, 6.45) is 5.08. The Morgan fingerprint density at radius 3 is 2.62 bits per heavy atom. The van der Waals surface area contributed by atoms with Crippen molar-refractivity contribution in [1.82, 2.24) is 0 Å². The Hall–Kier alpha value is -1.37. The van der Waals surface area contributed by atoms with Gasteiger partial charge in [0.15, 0.2) is 0 Å². The van der Waals surface area contributed by atoms with Crippen molar-refractivity contribution in [3.05, 3.63) is 47.5 Å². The summed E-state index contributed by atoms with van der Waals surface area (Å²) in [5.74, 6) is 0.195.